The van der Waals surface area contributed by atoms with Gasteiger partial charge in [0.2, 0.25) is 0 Å². The van der Waals surface area contributed by atoms with E-state index in [-0.39, 0.29) is 17.3 Å². The van der Waals surface area contributed by atoms with E-state index < -0.39 is 9.64 Å². The number of para-hydroxylation sites is 1. The number of fused-ring (bicyclic) bond motifs is 1. The number of carboxylic acid groups (broad SMARTS) is 1. The van der Waals surface area contributed by atoms with E-state index in [0.717, 1.165) is 5.39 Å². The monoisotopic (exact) mass is 494 g/mol. The number of hydrogen-bond donors (Lipinski definition) is 5. The highest BCUT2D eigenvalue weighted by Crippen LogP contribution is 2.33. The van der Waals surface area contributed by atoms with Crippen LogP contribution in [0.15, 0.2) is 42.5 Å². The van der Waals surface area contributed by atoms with Gasteiger partial charge < -0.3 is 26.0 Å². The quantitative estimate of drug-likeness (QED) is 0.152. The summed E-state index contributed by atoms with van der Waals surface area (Å²) >= 11 is 2.06. The fraction of sp³-hybridized carbons (Fsp3) is 0.211. The summed E-state index contributed by atoms with van der Waals surface area (Å²) in [5.74, 6) is 0.687. The van der Waals surface area contributed by atoms with Gasteiger partial charge in [-0.25, -0.2) is 14.8 Å². The lowest BCUT2D eigenvalue weighted by Crippen LogP contribution is -2.47. The van der Waals surface area contributed by atoms with Crippen molar-refractivity contribution in [1.29, 1.82) is 0 Å². The molecular formula is C19H19IN4O4. The number of aromatic nitrogens is 2. The highest BCUT2D eigenvalue weighted by Gasteiger charge is 2.27. The van der Waals surface area contributed by atoms with E-state index >= 15 is 0 Å². The van der Waals surface area contributed by atoms with Crippen LogP contribution in [0.25, 0.3) is 22.3 Å². The second kappa shape index (κ2) is 8.05. The number of alkyl halides is 1. The van der Waals surface area contributed by atoms with Gasteiger partial charge in [0.05, 0.1) is 11.1 Å². The van der Waals surface area contributed by atoms with E-state index in [0.29, 0.717) is 29.9 Å². The number of nitrogens with one attached hydrogen (secondary N) is 2. The summed E-state index contributed by atoms with van der Waals surface area (Å²) in [5.41, 5.74) is 0.952. The summed E-state index contributed by atoms with van der Waals surface area (Å²) < 4.78 is -0.719. The van der Waals surface area contributed by atoms with Crippen LogP contribution >= 0.6 is 22.6 Å². The molecule has 0 aliphatic carbocycles. The van der Waals surface area contributed by atoms with Crippen molar-refractivity contribution in [2.75, 3.05) is 11.9 Å². The van der Waals surface area contributed by atoms with Crippen LogP contribution in [0.1, 0.15) is 13.3 Å². The van der Waals surface area contributed by atoms with E-state index in [4.69, 9.17) is 5.11 Å². The van der Waals surface area contributed by atoms with Crippen LogP contribution in [-0.2, 0) is 0 Å². The summed E-state index contributed by atoms with van der Waals surface area (Å²) in [6.07, 6.45) is -0.535. The van der Waals surface area contributed by atoms with Crippen LogP contribution < -0.4 is 10.6 Å². The van der Waals surface area contributed by atoms with Crippen molar-refractivity contribution in [3.05, 3.63) is 42.5 Å². The first kappa shape index (κ1) is 19.9. The minimum atomic E-state index is -1.10. The van der Waals surface area contributed by atoms with Crippen molar-refractivity contribution in [3.63, 3.8) is 0 Å². The molecule has 28 heavy (non-hydrogen) atoms. The summed E-state index contributed by atoms with van der Waals surface area (Å²) in [6.45, 7) is 2.18. The number of halogens is 1. The van der Waals surface area contributed by atoms with Gasteiger partial charge in [0.1, 0.15) is 20.9 Å². The van der Waals surface area contributed by atoms with Gasteiger partial charge in [-0.1, -0.05) is 41.6 Å². The number of amides is 1. The number of benzene rings is 2. The van der Waals surface area contributed by atoms with Gasteiger partial charge in [-0.2, -0.15) is 0 Å². The van der Waals surface area contributed by atoms with Crippen LogP contribution in [0.4, 0.5) is 10.6 Å². The number of phenolic OH excluding ortho intramolecular Hbond substituents is 2. The van der Waals surface area contributed by atoms with Crippen LogP contribution in [0.2, 0.25) is 0 Å². The Morgan fingerprint density at radius 3 is 2.64 bits per heavy atom. The lowest BCUT2D eigenvalue weighted by Gasteiger charge is -2.27. The number of carbonyl (C=O) groups is 1. The summed E-state index contributed by atoms with van der Waals surface area (Å²) in [6, 6.07) is 11.5. The van der Waals surface area contributed by atoms with Crippen molar-refractivity contribution in [3.8, 4) is 22.9 Å². The first-order chi connectivity index (χ1) is 13.3. The Morgan fingerprint density at radius 2 is 1.93 bits per heavy atom. The van der Waals surface area contributed by atoms with E-state index in [1.165, 1.54) is 18.2 Å². The van der Waals surface area contributed by atoms with Gasteiger partial charge in [-0.15, -0.1) is 0 Å². The zero-order chi connectivity index (χ0) is 20.3. The first-order valence-electron chi connectivity index (χ1n) is 8.54. The van der Waals surface area contributed by atoms with Crippen molar-refractivity contribution < 1.29 is 20.1 Å². The molecule has 9 heteroatoms. The van der Waals surface area contributed by atoms with Crippen LogP contribution in [0, 0.1) is 0 Å². The topological polar surface area (TPSA) is 128 Å². The molecule has 0 fully saturated rings. The molecular weight excluding hydrogens is 475 g/mol. The van der Waals surface area contributed by atoms with E-state index in [9.17, 15) is 15.0 Å². The predicted molar refractivity (Wildman–Crippen MR) is 115 cm³/mol. The Hall–Kier alpha value is -2.82. The second-order valence-electron chi connectivity index (χ2n) is 6.22. The molecule has 146 valence electrons. The Bertz CT molecular complexity index is 1030. The van der Waals surface area contributed by atoms with Crippen LogP contribution in [-0.4, -0.2) is 41.5 Å². The van der Waals surface area contributed by atoms with Gasteiger partial charge in [0.15, 0.2) is 5.82 Å². The third-order valence-corrected chi connectivity index (χ3v) is 5.67. The average Bonchev–Trinajstić information content (AvgIpc) is 2.67. The van der Waals surface area contributed by atoms with E-state index in [1.54, 1.807) is 0 Å². The number of phenols is 2. The highest BCUT2D eigenvalue weighted by atomic mass is 127. The zero-order valence-electron chi connectivity index (χ0n) is 15.0. The Kier molecular flexibility index (Phi) is 5.73. The number of anilines is 1. The molecule has 0 unspecified atom stereocenters. The molecule has 2 aromatic carbocycles. The van der Waals surface area contributed by atoms with Gasteiger partial charge >= 0.3 is 6.09 Å². The summed E-state index contributed by atoms with van der Waals surface area (Å²) in [7, 11) is 0. The maximum absolute atomic E-state index is 11.1. The van der Waals surface area contributed by atoms with E-state index in [1.807, 2.05) is 31.2 Å². The smallest absolute Gasteiger partial charge is 0.405 e. The molecule has 0 spiro atoms. The fourth-order valence-electron chi connectivity index (χ4n) is 2.71. The van der Waals surface area contributed by atoms with Crippen molar-refractivity contribution >= 4 is 45.4 Å². The summed E-state index contributed by atoms with van der Waals surface area (Å²) in [4.78, 5) is 20.1. The number of nitrogens with zero attached hydrogens (tertiary/aromatic N) is 2. The first-order valence-corrected chi connectivity index (χ1v) is 9.62. The molecule has 0 aliphatic heterocycles. The second-order valence-corrected chi connectivity index (χ2v) is 8.28. The molecule has 3 rings (SSSR count). The largest absolute Gasteiger partial charge is 0.508 e. The van der Waals surface area contributed by atoms with Gasteiger partial charge in [0.25, 0.3) is 0 Å². The van der Waals surface area contributed by atoms with E-state index in [2.05, 4.69) is 43.2 Å². The van der Waals surface area contributed by atoms with Crippen molar-refractivity contribution in [2.45, 2.75) is 16.9 Å². The molecule has 0 bridgehead atoms. The van der Waals surface area contributed by atoms with Gasteiger partial charge in [0, 0.05) is 11.9 Å². The fourth-order valence-corrected chi connectivity index (χ4v) is 3.13. The van der Waals surface area contributed by atoms with Crippen molar-refractivity contribution in [2.24, 2.45) is 0 Å². The van der Waals surface area contributed by atoms with Crippen molar-refractivity contribution in [1.82, 2.24) is 15.3 Å². The highest BCUT2D eigenvalue weighted by molar-refractivity contribution is 14.1. The molecule has 1 heterocycles. The Labute approximate surface area is 174 Å². The average molecular weight is 494 g/mol. The Morgan fingerprint density at radius 1 is 1.18 bits per heavy atom. The SMILES string of the molecule is CC[C@@](I)(CNc1nc(-c2cc(O)ccc2O)nc2ccccc12)NC(=O)O. The summed E-state index contributed by atoms with van der Waals surface area (Å²) in [5, 5.41) is 35.5. The molecule has 0 saturated carbocycles. The molecule has 3 aromatic rings. The standard InChI is InChI=1S/C19H19IN4O4/c1-2-19(20,24-18(27)28)10-21-16-12-5-3-4-6-14(12)22-17(23-16)13-9-11(25)7-8-15(13)26/h3-9,24-26H,2,10H2,1H3,(H,27,28)(H,21,22,23)/t19-/m0/s1. The minimum Gasteiger partial charge on any atom is -0.508 e. The molecule has 0 radical (unpaired) electrons. The number of hydrogen-bond acceptors (Lipinski definition) is 6. The van der Waals surface area contributed by atoms with Crippen LogP contribution in [0.5, 0.6) is 11.5 Å². The minimum absolute atomic E-state index is 0.0120. The van der Waals surface area contributed by atoms with Gasteiger partial charge in [-0.05, 0) is 36.8 Å². The normalized spacial score (nSPS) is 13.1. The molecule has 1 amide bonds. The molecule has 0 saturated heterocycles. The Balaban J connectivity index is 2.04. The molecule has 1 atom stereocenters. The molecule has 8 nitrogen and oxygen atoms in total. The third kappa shape index (κ3) is 4.35. The van der Waals surface area contributed by atoms with Crippen LogP contribution in [0.3, 0.4) is 0 Å². The number of rotatable bonds is 6. The van der Waals surface area contributed by atoms with Gasteiger partial charge in [-0.3, -0.25) is 0 Å². The lowest BCUT2D eigenvalue weighted by molar-refractivity contribution is 0.189. The maximum atomic E-state index is 11.1. The molecule has 0 aliphatic rings. The molecule has 5 N–H and O–H groups in total. The maximum Gasteiger partial charge on any atom is 0.405 e. The zero-order valence-corrected chi connectivity index (χ0v) is 17.1. The number of aromatic hydroxyl groups is 2. The third-order valence-electron chi connectivity index (χ3n) is 4.25. The lowest BCUT2D eigenvalue weighted by atomic mass is 10.1. The molecule has 1 aromatic heterocycles. The predicted octanol–water partition coefficient (Wildman–Crippen LogP) is 3.93.